The van der Waals surface area contributed by atoms with Gasteiger partial charge in [0.05, 0.1) is 24.1 Å². The molecule has 0 unspecified atom stereocenters. The van der Waals surface area contributed by atoms with Gasteiger partial charge in [0.2, 0.25) is 0 Å². The van der Waals surface area contributed by atoms with Crippen LogP contribution in [0.2, 0.25) is 0 Å². The molecule has 164 valence electrons. The summed E-state index contributed by atoms with van der Waals surface area (Å²) < 4.78 is 16.0. The Hall–Kier alpha value is -3.88. The fourth-order valence-electron chi connectivity index (χ4n) is 3.11. The van der Waals surface area contributed by atoms with Gasteiger partial charge >= 0.3 is 0 Å². The maximum absolute atomic E-state index is 13.1. The van der Waals surface area contributed by atoms with Crippen LogP contribution in [0.4, 0.5) is 4.39 Å². The first-order chi connectivity index (χ1) is 15.2. The second-order valence-electron chi connectivity index (χ2n) is 8.44. The third-order valence-corrected chi connectivity index (χ3v) is 4.94. The summed E-state index contributed by atoms with van der Waals surface area (Å²) in [5.74, 6) is -0.706. The van der Waals surface area contributed by atoms with Crippen LogP contribution in [0.25, 0.3) is 16.9 Å². The maximum Gasteiger partial charge on any atom is 0.271 e. The first kappa shape index (κ1) is 21.4. The molecule has 1 N–H and O–H groups in total. The highest BCUT2D eigenvalue weighted by Crippen LogP contribution is 2.21. The highest BCUT2D eigenvalue weighted by atomic mass is 19.1. The van der Waals surface area contributed by atoms with Gasteiger partial charge in [-0.05, 0) is 42.5 Å². The van der Waals surface area contributed by atoms with Gasteiger partial charge in [-0.15, -0.1) is 0 Å². The van der Waals surface area contributed by atoms with Gasteiger partial charge in [0, 0.05) is 23.6 Å². The average Bonchev–Trinajstić information content (AvgIpc) is 3.20. The Kier molecular flexibility index (Phi) is 5.56. The molecular weight excluding hydrogens is 411 g/mol. The summed E-state index contributed by atoms with van der Waals surface area (Å²) in [4.78, 5) is 29.2. The standard InChI is InChI=1S/C23H23FN6O2/c1-23(2,3)19-14-30-20(26-19)10-8-18(28-30)22(32)25-12-13-29-21(31)11-9-17(27-29)15-4-6-16(24)7-5-15/h4-11,14H,12-13H2,1-3H3,(H,25,32). The SMILES string of the molecule is CC(C)(C)c1cn2nc(C(=O)NCCn3nc(-c4ccc(F)cc4)ccc3=O)ccc2n1. The van der Waals surface area contributed by atoms with Gasteiger partial charge in [-0.25, -0.2) is 18.6 Å². The number of carbonyl (C=O) groups excluding carboxylic acids is 1. The molecule has 0 aliphatic rings. The van der Waals surface area contributed by atoms with Crippen molar-refractivity contribution in [3.63, 3.8) is 0 Å². The minimum Gasteiger partial charge on any atom is -0.349 e. The predicted octanol–water partition coefficient (Wildman–Crippen LogP) is 2.82. The molecule has 8 nitrogen and oxygen atoms in total. The van der Waals surface area contributed by atoms with Gasteiger partial charge in [-0.2, -0.15) is 10.2 Å². The van der Waals surface area contributed by atoms with Crippen molar-refractivity contribution >= 4 is 11.6 Å². The van der Waals surface area contributed by atoms with E-state index in [-0.39, 0.29) is 41.5 Å². The monoisotopic (exact) mass is 434 g/mol. The van der Waals surface area contributed by atoms with Crippen molar-refractivity contribution in [1.29, 1.82) is 0 Å². The average molecular weight is 434 g/mol. The zero-order valence-electron chi connectivity index (χ0n) is 18.0. The first-order valence-electron chi connectivity index (χ1n) is 10.2. The number of amides is 1. The van der Waals surface area contributed by atoms with Crippen LogP contribution < -0.4 is 10.9 Å². The van der Waals surface area contributed by atoms with E-state index >= 15 is 0 Å². The van der Waals surface area contributed by atoms with Crippen molar-refractivity contribution in [2.45, 2.75) is 32.7 Å². The number of halogens is 1. The van der Waals surface area contributed by atoms with Crippen LogP contribution in [0.5, 0.6) is 0 Å². The quantitative estimate of drug-likeness (QED) is 0.521. The number of imidazole rings is 1. The predicted molar refractivity (Wildman–Crippen MR) is 118 cm³/mol. The van der Waals surface area contributed by atoms with E-state index in [9.17, 15) is 14.0 Å². The molecule has 0 fully saturated rings. The van der Waals surface area contributed by atoms with E-state index in [0.717, 1.165) is 5.69 Å². The molecule has 0 saturated heterocycles. The van der Waals surface area contributed by atoms with Gasteiger partial charge < -0.3 is 5.32 Å². The summed E-state index contributed by atoms with van der Waals surface area (Å²) in [6.45, 7) is 6.55. The number of carbonyl (C=O) groups is 1. The minimum atomic E-state index is -0.361. The lowest BCUT2D eigenvalue weighted by Gasteiger charge is -2.13. The van der Waals surface area contributed by atoms with Crippen molar-refractivity contribution in [3.8, 4) is 11.3 Å². The highest BCUT2D eigenvalue weighted by Gasteiger charge is 2.18. The molecule has 0 atom stereocenters. The van der Waals surface area contributed by atoms with Crippen LogP contribution in [0, 0.1) is 5.82 Å². The van der Waals surface area contributed by atoms with Crippen LogP contribution >= 0.6 is 0 Å². The van der Waals surface area contributed by atoms with E-state index < -0.39 is 0 Å². The second kappa shape index (κ2) is 8.33. The Bertz CT molecular complexity index is 1340. The number of hydrogen-bond acceptors (Lipinski definition) is 5. The Labute approximate surface area is 183 Å². The molecule has 3 aromatic heterocycles. The maximum atomic E-state index is 13.1. The summed E-state index contributed by atoms with van der Waals surface area (Å²) in [7, 11) is 0. The van der Waals surface area contributed by atoms with Crippen molar-refractivity contribution in [2.24, 2.45) is 0 Å². The number of benzene rings is 1. The lowest BCUT2D eigenvalue weighted by molar-refractivity contribution is 0.0945. The van der Waals surface area contributed by atoms with Gasteiger partial charge in [0.25, 0.3) is 11.5 Å². The summed E-state index contributed by atoms with van der Waals surface area (Å²) in [5.41, 5.74) is 2.61. The molecule has 0 aliphatic heterocycles. The van der Waals surface area contributed by atoms with Gasteiger partial charge in [0.15, 0.2) is 5.65 Å². The van der Waals surface area contributed by atoms with Crippen LogP contribution in [-0.2, 0) is 12.0 Å². The molecule has 4 aromatic rings. The largest absolute Gasteiger partial charge is 0.349 e. The van der Waals surface area contributed by atoms with Crippen molar-refractivity contribution in [2.75, 3.05) is 6.54 Å². The van der Waals surface area contributed by atoms with Crippen LogP contribution in [0.3, 0.4) is 0 Å². The van der Waals surface area contributed by atoms with Crippen molar-refractivity contribution in [3.05, 3.63) is 82.3 Å². The topological polar surface area (TPSA) is 94.2 Å². The fraction of sp³-hybridized carbons (Fsp3) is 0.261. The smallest absolute Gasteiger partial charge is 0.271 e. The summed E-state index contributed by atoms with van der Waals surface area (Å²) in [5, 5.41) is 11.4. The third kappa shape index (κ3) is 4.56. The zero-order valence-corrected chi connectivity index (χ0v) is 18.0. The first-order valence-corrected chi connectivity index (χ1v) is 10.2. The van der Waals surface area contributed by atoms with Crippen LogP contribution in [0.1, 0.15) is 37.0 Å². The Balaban J connectivity index is 1.44. The minimum absolute atomic E-state index is 0.126. The molecular formula is C23H23FN6O2. The molecule has 0 radical (unpaired) electrons. The molecule has 0 aliphatic carbocycles. The third-order valence-electron chi connectivity index (χ3n) is 4.94. The molecule has 0 saturated carbocycles. The van der Waals surface area contributed by atoms with Crippen molar-refractivity contribution < 1.29 is 9.18 Å². The normalized spacial score (nSPS) is 11.6. The Morgan fingerprint density at radius 2 is 1.78 bits per heavy atom. The molecule has 4 rings (SSSR count). The van der Waals surface area contributed by atoms with Crippen LogP contribution in [-0.4, -0.2) is 36.8 Å². The summed E-state index contributed by atoms with van der Waals surface area (Å²) in [6.07, 6.45) is 1.82. The van der Waals surface area contributed by atoms with E-state index in [4.69, 9.17) is 0 Å². The number of nitrogens with zero attached hydrogens (tertiary/aromatic N) is 5. The summed E-state index contributed by atoms with van der Waals surface area (Å²) in [6, 6.07) is 12.2. The molecule has 0 bridgehead atoms. The number of rotatable bonds is 5. The molecule has 1 aromatic carbocycles. The molecule has 9 heteroatoms. The van der Waals surface area contributed by atoms with E-state index in [2.05, 4.69) is 41.3 Å². The van der Waals surface area contributed by atoms with E-state index in [1.54, 1.807) is 34.8 Å². The van der Waals surface area contributed by atoms with E-state index in [1.807, 2.05) is 6.20 Å². The van der Waals surface area contributed by atoms with E-state index in [1.165, 1.54) is 22.9 Å². The zero-order chi connectivity index (χ0) is 22.9. The van der Waals surface area contributed by atoms with E-state index in [0.29, 0.717) is 16.9 Å². The number of aromatic nitrogens is 5. The van der Waals surface area contributed by atoms with Crippen LogP contribution in [0.15, 0.2) is 59.5 Å². The highest BCUT2D eigenvalue weighted by molar-refractivity contribution is 5.92. The lowest BCUT2D eigenvalue weighted by Crippen LogP contribution is -2.32. The number of fused-ring (bicyclic) bond motifs is 1. The Morgan fingerprint density at radius 1 is 1.03 bits per heavy atom. The molecule has 32 heavy (non-hydrogen) atoms. The van der Waals surface area contributed by atoms with Gasteiger partial charge in [-0.3, -0.25) is 9.59 Å². The number of hydrogen-bond donors (Lipinski definition) is 1. The second-order valence-corrected chi connectivity index (χ2v) is 8.44. The lowest BCUT2D eigenvalue weighted by atomic mass is 9.93. The molecule has 0 spiro atoms. The molecule has 3 heterocycles. The summed E-state index contributed by atoms with van der Waals surface area (Å²) >= 11 is 0. The number of nitrogens with one attached hydrogen (secondary N) is 1. The Morgan fingerprint density at radius 3 is 2.50 bits per heavy atom. The van der Waals surface area contributed by atoms with Gasteiger partial charge in [0.1, 0.15) is 11.5 Å². The molecule has 1 amide bonds. The van der Waals surface area contributed by atoms with Crippen molar-refractivity contribution in [1.82, 2.24) is 29.7 Å². The fourth-order valence-corrected chi connectivity index (χ4v) is 3.11. The van der Waals surface area contributed by atoms with Gasteiger partial charge in [-0.1, -0.05) is 20.8 Å².